The first-order chi connectivity index (χ1) is 19.5. The molecule has 0 fully saturated rings. The first kappa shape index (κ1) is 26.7. The Morgan fingerprint density at radius 1 is 0.725 bits per heavy atom. The van der Waals surface area contributed by atoms with E-state index in [0.717, 1.165) is 38.8 Å². The molecule has 3 N–H and O–H groups in total. The molecule has 5 aromatic rings. The molecule has 6 nitrogen and oxygen atoms in total. The maximum Gasteiger partial charge on any atom is 0.338 e. The van der Waals surface area contributed by atoms with Crippen LogP contribution in [-0.2, 0) is 11.3 Å². The van der Waals surface area contributed by atoms with E-state index in [-0.39, 0.29) is 24.0 Å². The molecular weight excluding hydrogens is 500 g/mol. The number of hydrogen-bond donors (Lipinski definition) is 3. The maximum atomic E-state index is 12.7. The molecule has 0 amide bonds. The Labute approximate surface area is 233 Å². The molecule has 0 atom stereocenters. The monoisotopic (exact) mass is 530 g/mol. The summed E-state index contributed by atoms with van der Waals surface area (Å²) in [5.41, 5.74) is 6.10. The van der Waals surface area contributed by atoms with Crippen LogP contribution in [0.2, 0.25) is 0 Å². The van der Waals surface area contributed by atoms with Gasteiger partial charge in [-0.2, -0.15) is 0 Å². The zero-order chi connectivity index (χ0) is 27.9. The van der Waals surface area contributed by atoms with Gasteiger partial charge in [-0.3, -0.25) is 4.79 Å². The van der Waals surface area contributed by atoms with E-state index >= 15 is 0 Å². The van der Waals surface area contributed by atoms with Crippen LogP contribution < -0.4 is 10.6 Å². The summed E-state index contributed by atoms with van der Waals surface area (Å²) in [5, 5.41) is 18.0. The van der Waals surface area contributed by atoms with Crippen molar-refractivity contribution in [3.05, 3.63) is 126 Å². The molecule has 0 unspecified atom stereocenters. The topological polar surface area (TPSA) is 87.7 Å². The summed E-state index contributed by atoms with van der Waals surface area (Å²) in [5.74, 6) is -0.112. The predicted octanol–water partition coefficient (Wildman–Crippen LogP) is 7.11. The van der Waals surface area contributed by atoms with Gasteiger partial charge in [0.25, 0.3) is 0 Å². The number of phenolic OH excluding ortho intramolecular Hbond substituents is 1. The van der Waals surface area contributed by atoms with Gasteiger partial charge in [-0.05, 0) is 89.0 Å². The summed E-state index contributed by atoms with van der Waals surface area (Å²) in [6, 6.07) is 34.2. The van der Waals surface area contributed by atoms with Crippen molar-refractivity contribution in [1.29, 1.82) is 0 Å². The largest absolute Gasteiger partial charge is 0.508 e. The zero-order valence-electron chi connectivity index (χ0n) is 22.2. The van der Waals surface area contributed by atoms with Crippen molar-refractivity contribution in [2.75, 3.05) is 18.5 Å². The molecule has 0 heterocycles. The van der Waals surface area contributed by atoms with Crippen LogP contribution >= 0.6 is 0 Å². The second-order valence-corrected chi connectivity index (χ2v) is 9.48. The molecule has 5 aromatic carbocycles. The Bertz CT molecular complexity index is 1660. The van der Waals surface area contributed by atoms with E-state index in [2.05, 4.69) is 22.8 Å². The number of Topliss-reactive ketones (excluding diaryl/α,β-unsaturated/α-hetero) is 1. The van der Waals surface area contributed by atoms with Crippen LogP contribution in [0.3, 0.4) is 0 Å². The van der Waals surface area contributed by atoms with E-state index in [9.17, 15) is 14.7 Å². The molecule has 0 saturated heterocycles. The Morgan fingerprint density at radius 2 is 1.50 bits per heavy atom. The van der Waals surface area contributed by atoms with Crippen molar-refractivity contribution in [2.45, 2.75) is 13.5 Å². The maximum absolute atomic E-state index is 12.7. The highest BCUT2D eigenvalue weighted by Crippen LogP contribution is 2.25. The minimum Gasteiger partial charge on any atom is -0.508 e. The minimum atomic E-state index is -0.337. The summed E-state index contributed by atoms with van der Waals surface area (Å²) in [7, 11) is 0. The summed E-state index contributed by atoms with van der Waals surface area (Å²) in [6.07, 6.45) is 0. The molecule has 6 heteroatoms. The third-order valence-electron chi connectivity index (χ3n) is 6.57. The van der Waals surface area contributed by atoms with Crippen LogP contribution in [0.4, 0.5) is 11.4 Å². The van der Waals surface area contributed by atoms with Gasteiger partial charge in [0.2, 0.25) is 0 Å². The highest BCUT2D eigenvalue weighted by Gasteiger charge is 2.09. The number of ketones is 1. The molecule has 200 valence electrons. The molecule has 0 bridgehead atoms. The van der Waals surface area contributed by atoms with E-state index in [1.807, 2.05) is 66.7 Å². The van der Waals surface area contributed by atoms with E-state index in [1.165, 1.54) is 0 Å². The van der Waals surface area contributed by atoms with Gasteiger partial charge in [0.1, 0.15) is 5.75 Å². The Kier molecular flexibility index (Phi) is 8.18. The van der Waals surface area contributed by atoms with E-state index in [1.54, 1.807) is 37.3 Å². The normalized spacial score (nSPS) is 10.8. The van der Waals surface area contributed by atoms with Gasteiger partial charge in [-0.25, -0.2) is 4.79 Å². The number of ether oxygens (including phenoxy) is 1. The van der Waals surface area contributed by atoms with Crippen molar-refractivity contribution in [3.63, 3.8) is 0 Å². The van der Waals surface area contributed by atoms with Crippen LogP contribution in [-0.4, -0.2) is 30.0 Å². The quantitative estimate of drug-likeness (QED) is 0.132. The summed E-state index contributed by atoms with van der Waals surface area (Å²) in [4.78, 5) is 24.8. The predicted molar refractivity (Wildman–Crippen MR) is 159 cm³/mol. The number of anilines is 2. The van der Waals surface area contributed by atoms with Crippen LogP contribution in [0.1, 0.15) is 33.2 Å². The number of esters is 1. The first-order valence-corrected chi connectivity index (χ1v) is 13.2. The lowest BCUT2D eigenvalue weighted by atomic mass is 10.0. The van der Waals surface area contributed by atoms with Gasteiger partial charge in [0, 0.05) is 23.5 Å². The number of fused-ring (bicyclic) bond motifs is 1. The fraction of sp³-hybridized carbons (Fsp3) is 0.118. The second-order valence-electron chi connectivity index (χ2n) is 9.48. The lowest BCUT2D eigenvalue weighted by molar-refractivity contribution is 0.0526. The minimum absolute atomic E-state index is 0.0158. The number of phenols is 1. The summed E-state index contributed by atoms with van der Waals surface area (Å²) >= 11 is 0. The average molecular weight is 531 g/mol. The second kappa shape index (κ2) is 12.3. The third-order valence-corrected chi connectivity index (χ3v) is 6.57. The number of benzene rings is 5. The highest BCUT2D eigenvalue weighted by molar-refractivity contribution is 6.01. The van der Waals surface area contributed by atoms with Crippen molar-refractivity contribution >= 4 is 33.9 Å². The molecule has 0 saturated carbocycles. The van der Waals surface area contributed by atoms with Crippen LogP contribution in [0.15, 0.2) is 109 Å². The van der Waals surface area contributed by atoms with Crippen molar-refractivity contribution in [3.8, 4) is 16.9 Å². The lowest BCUT2D eigenvalue weighted by Crippen LogP contribution is -2.22. The fourth-order valence-corrected chi connectivity index (χ4v) is 4.54. The Hall–Kier alpha value is -4.94. The Morgan fingerprint density at radius 3 is 2.33 bits per heavy atom. The van der Waals surface area contributed by atoms with Crippen LogP contribution in [0.25, 0.3) is 21.9 Å². The Balaban J connectivity index is 1.18. The van der Waals surface area contributed by atoms with Crippen LogP contribution in [0.5, 0.6) is 5.75 Å². The van der Waals surface area contributed by atoms with Gasteiger partial charge in [0.15, 0.2) is 5.78 Å². The lowest BCUT2D eigenvalue weighted by Gasteiger charge is -2.10. The van der Waals surface area contributed by atoms with Crippen molar-refractivity contribution in [2.24, 2.45) is 0 Å². The molecule has 0 aromatic heterocycles. The number of carbonyl (C=O) groups is 2. The van der Waals surface area contributed by atoms with Gasteiger partial charge < -0.3 is 20.5 Å². The standard InChI is InChI=1S/C34H30N2O4/c1-2-40-34(39)29-7-4-8-31(19-29)36-30-14-11-24(12-15-30)25-6-3-5-23(17-25)21-35-22-33(38)28-10-9-27-20-32(37)16-13-26(27)18-28/h3-20,35-37H,2,21-22H2,1H3. The van der Waals surface area contributed by atoms with E-state index in [0.29, 0.717) is 24.3 Å². The molecular formula is C34H30N2O4. The van der Waals surface area contributed by atoms with Gasteiger partial charge >= 0.3 is 5.97 Å². The first-order valence-electron chi connectivity index (χ1n) is 13.2. The summed E-state index contributed by atoms with van der Waals surface area (Å²) < 4.78 is 5.09. The highest BCUT2D eigenvalue weighted by atomic mass is 16.5. The van der Waals surface area contributed by atoms with E-state index in [4.69, 9.17) is 4.74 Å². The number of carbonyl (C=O) groups excluding carboxylic acids is 2. The van der Waals surface area contributed by atoms with Crippen LogP contribution in [0, 0.1) is 0 Å². The molecule has 0 aliphatic rings. The molecule has 40 heavy (non-hydrogen) atoms. The zero-order valence-corrected chi connectivity index (χ0v) is 22.2. The molecule has 5 rings (SSSR count). The number of aromatic hydroxyl groups is 1. The van der Waals surface area contributed by atoms with Gasteiger partial charge in [-0.15, -0.1) is 0 Å². The van der Waals surface area contributed by atoms with Gasteiger partial charge in [0.05, 0.1) is 18.7 Å². The number of nitrogens with one attached hydrogen (secondary N) is 2. The molecule has 0 radical (unpaired) electrons. The number of rotatable bonds is 10. The fourth-order valence-electron chi connectivity index (χ4n) is 4.54. The van der Waals surface area contributed by atoms with E-state index < -0.39 is 0 Å². The van der Waals surface area contributed by atoms with Crippen molar-refractivity contribution < 1.29 is 19.4 Å². The summed E-state index contributed by atoms with van der Waals surface area (Å²) in [6.45, 7) is 2.92. The smallest absolute Gasteiger partial charge is 0.338 e. The molecule has 0 aliphatic carbocycles. The SMILES string of the molecule is CCOC(=O)c1cccc(Nc2ccc(-c3cccc(CNCC(=O)c4ccc5cc(O)ccc5c4)c3)cc2)c1. The van der Waals surface area contributed by atoms with Crippen molar-refractivity contribution in [1.82, 2.24) is 5.32 Å². The third kappa shape index (κ3) is 6.54. The molecule has 0 spiro atoms. The average Bonchev–Trinajstić information content (AvgIpc) is 2.97. The molecule has 0 aliphatic heterocycles. The van der Waals surface area contributed by atoms with Gasteiger partial charge in [-0.1, -0.05) is 54.6 Å². The number of hydrogen-bond acceptors (Lipinski definition) is 6.